The first-order chi connectivity index (χ1) is 15.2. The molecule has 2 aliphatic carbocycles. The fraction of sp³-hybridized carbons (Fsp3) is 0.607. The number of hydrogen-bond donors (Lipinski definition) is 0. The van der Waals surface area contributed by atoms with E-state index >= 15 is 0 Å². The van der Waals surface area contributed by atoms with Crippen LogP contribution in [-0.2, 0) is 11.2 Å². The molecule has 2 aliphatic rings. The summed E-state index contributed by atoms with van der Waals surface area (Å²) in [4.78, 5) is 0. The average molecular weight is 424 g/mol. The highest BCUT2D eigenvalue weighted by Crippen LogP contribution is 2.36. The van der Waals surface area contributed by atoms with Gasteiger partial charge in [-0.3, -0.25) is 0 Å². The summed E-state index contributed by atoms with van der Waals surface area (Å²) in [6, 6.07) is 10.7. The van der Waals surface area contributed by atoms with Crippen molar-refractivity contribution in [3.05, 3.63) is 59.4 Å². The number of ether oxygens (including phenoxy) is 1. The highest BCUT2D eigenvalue weighted by molar-refractivity contribution is 5.25. The Morgan fingerprint density at radius 2 is 1.71 bits per heavy atom. The molecule has 0 amide bonds. The van der Waals surface area contributed by atoms with Crippen molar-refractivity contribution in [2.75, 3.05) is 6.61 Å². The fourth-order valence-electron chi connectivity index (χ4n) is 5.17. The van der Waals surface area contributed by atoms with Crippen molar-refractivity contribution in [3.63, 3.8) is 0 Å². The second-order valence-corrected chi connectivity index (χ2v) is 9.42. The van der Waals surface area contributed by atoms with Crippen molar-refractivity contribution in [1.29, 1.82) is 5.26 Å². The maximum Gasteiger partial charge on any atom is 0.199 e. The lowest BCUT2D eigenvalue weighted by molar-refractivity contribution is -0.00474. The number of hydrogen-bond acceptors (Lipinski definition) is 2. The summed E-state index contributed by atoms with van der Waals surface area (Å²) in [6.07, 6.45) is 18.6. The molecular formula is C28H38FNO. The maximum absolute atomic E-state index is 12.7. The Morgan fingerprint density at radius 3 is 2.35 bits per heavy atom. The molecular weight excluding hydrogens is 385 g/mol. The van der Waals surface area contributed by atoms with Crippen LogP contribution in [0.4, 0.5) is 4.39 Å². The second kappa shape index (κ2) is 12.8. The molecule has 0 N–H and O–H groups in total. The zero-order valence-electron chi connectivity index (χ0n) is 19.1. The van der Waals surface area contributed by atoms with Gasteiger partial charge in [-0.05, 0) is 92.7 Å². The van der Waals surface area contributed by atoms with Gasteiger partial charge in [-0.2, -0.15) is 9.65 Å². The molecule has 0 unspecified atom stereocenters. The van der Waals surface area contributed by atoms with Crippen LogP contribution in [0.1, 0.15) is 88.2 Å². The lowest BCUT2D eigenvalue weighted by Gasteiger charge is -2.32. The van der Waals surface area contributed by atoms with Crippen LogP contribution in [0.25, 0.3) is 0 Å². The van der Waals surface area contributed by atoms with Gasteiger partial charge < -0.3 is 4.74 Å². The van der Waals surface area contributed by atoms with Gasteiger partial charge in [0.05, 0.1) is 6.10 Å². The molecule has 1 aromatic rings. The van der Waals surface area contributed by atoms with Crippen LogP contribution in [-0.4, -0.2) is 12.7 Å². The minimum absolute atomic E-state index is 0.455. The van der Waals surface area contributed by atoms with E-state index in [1.54, 1.807) is 6.08 Å². The number of halogens is 1. The molecule has 31 heavy (non-hydrogen) atoms. The third-order valence-electron chi connectivity index (χ3n) is 7.29. The molecule has 2 nitrogen and oxygen atoms in total. The van der Waals surface area contributed by atoms with Crippen LogP contribution < -0.4 is 0 Å². The number of benzene rings is 1. The lowest BCUT2D eigenvalue weighted by Crippen LogP contribution is -2.25. The third kappa shape index (κ3) is 7.93. The van der Waals surface area contributed by atoms with E-state index in [-0.39, 0.29) is 0 Å². The van der Waals surface area contributed by atoms with Crippen molar-refractivity contribution < 1.29 is 9.13 Å². The van der Waals surface area contributed by atoms with Crippen molar-refractivity contribution in [1.82, 2.24) is 0 Å². The summed E-state index contributed by atoms with van der Waals surface area (Å²) < 4.78 is 19.1. The first-order valence-corrected chi connectivity index (χ1v) is 12.3. The zero-order chi connectivity index (χ0) is 21.9. The normalized spacial score (nSPS) is 27.3. The standard InChI is InChI=1S/C28H38FNO/c1-2-22-12-14-25(15-13-22)26-16-18-28(19-17-26)31-21-24-10-8-23(9-11-24)6-4-3-5-7-27(29)20-30/h3,5,7,12-15,23-24,26,28H,2,4,6,8-11,16-19,21H2,1H3/b5-3+,27-7-. The van der Waals surface area contributed by atoms with Gasteiger partial charge in [0.25, 0.3) is 0 Å². The Balaban J connectivity index is 1.28. The summed E-state index contributed by atoms with van der Waals surface area (Å²) in [5, 5.41) is 8.38. The van der Waals surface area contributed by atoms with E-state index in [1.165, 1.54) is 74.6 Å². The first kappa shape index (κ1) is 23.7. The molecule has 2 saturated carbocycles. The van der Waals surface area contributed by atoms with Crippen LogP contribution in [0, 0.1) is 23.2 Å². The third-order valence-corrected chi connectivity index (χ3v) is 7.29. The fourth-order valence-corrected chi connectivity index (χ4v) is 5.17. The largest absolute Gasteiger partial charge is 0.378 e. The molecule has 0 saturated heterocycles. The maximum atomic E-state index is 12.7. The van der Waals surface area contributed by atoms with Gasteiger partial charge in [0, 0.05) is 6.61 Å². The number of aryl methyl sites for hydroxylation is 1. The van der Waals surface area contributed by atoms with Crippen LogP contribution in [0.5, 0.6) is 0 Å². The van der Waals surface area contributed by atoms with E-state index in [9.17, 15) is 4.39 Å². The molecule has 0 aromatic heterocycles. The Hall–Kier alpha value is -1.92. The number of rotatable bonds is 9. The highest BCUT2D eigenvalue weighted by Gasteiger charge is 2.25. The molecule has 3 rings (SSSR count). The zero-order valence-corrected chi connectivity index (χ0v) is 19.1. The molecule has 0 aliphatic heterocycles. The van der Waals surface area contributed by atoms with Crippen LogP contribution in [0.15, 0.2) is 48.3 Å². The van der Waals surface area contributed by atoms with Gasteiger partial charge in [-0.15, -0.1) is 0 Å². The predicted octanol–water partition coefficient (Wildman–Crippen LogP) is 7.81. The average Bonchev–Trinajstić information content (AvgIpc) is 2.83. The SMILES string of the molecule is CCc1ccc(C2CCC(OCC3CCC(CC/C=C/C=C(\F)C#N)CC3)CC2)cc1. The molecule has 0 spiro atoms. The quantitative estimate of drug-likeness (QED) is 0.300. The van der Waals surface area contributed by atoms with Gasteiger partial charge in [-0.1, -0.05) is 56.2 Å². The molecule has 1 aromatic carbocycles. The van der Waals surface area contributed by atoms with Crippen molar-refractivity contribution in [2.45, 2.75) is 89.6 Å². The van der Waals surface area contributed by atoms with Crippen LogP contribution in [0.2, 0.25) is 0 Å². The summed E-state index contributed by atoms with van der Waals surface area (Å²) >= 11 is 0. The van der Waals surface area contributed by atoms with Crippen LogP contribution in [0.3, 0.4) is 0 Å². The molecule has 0 bridgehead atoms. The summed E-state index contributed by atoms with van der Waals surface area (Å²) in [5.74, 6) is 1.48. The molecule has 3 heteroatoms. The summed E-state index contributed by atoms with van der Waals surface area (Å²) in [5.41, 5.74) is 2.94. The number of nitriles is 1. The summed E-state index contributed by atoms with van der Waals surface area (Å²) in [6.45, 7) is 3.15. The predicted molar refractivity (Wildman–Crippen MR) is 125 cm³/mol. The van der Waals surface area contributed by atoms with E-state index in [4.69, 9.17) is 10.00 Å². The Bertz CT molecular complexity index is 744. The molecule has 168 valence electrons. The number of allylic oxidation sites excluding steroid dienone is 4. The first-order valence-electron chi connectivity index (χ1n) is 12.3. The Labute approximate surface area is 188 Å². The van der Waals surface area contributed by atoms with Gasteiger partial charge in [0.15, 0.2) is 5.83 Å². The smallest absolute Gasteiger partial charge is 0.199 e. The van der Waals surface area contributed by atoms with E-state index in [0.29, 0.717) is 12.0 Å². The van der Waals surface area contributed by atoms with Crippen molar-refractivity contribution in [3.8, 4) is 6.07 Å². The minimum atomic E-state index is -0.726. The monoisotopic (exact) mass is 423 g/mol. The van der Waals surface area contributed by atoms with E-state index in [1.807, 2.05) is 6.08 Å². The molecule has 0 heterocycles. The van der Waals surface area contributed by atoms with Gasteiger partial charge in [-0.25, -0.2) is 0 Å². The van der Waals surface area contributed by atoms with Crippen molar-refractivity contribution in [2.24, 2.45) is 11.8 Å². The second-order valence-electron chi connectivity index (χ2n) is 9.42. The highest BCUT2D eigenvalue weighted by atomic mass is 19.1. The Kier molecular flexibility index (Phi) is 9.82. The molecule has 0 atom stereocenters. The lowest BCUT2D eigenvalue weighted by atomic mass is 9.80. The van der Waals surface area contributed by atoms with E-state index in [2.05, 4.69) is 31.2 Å². The van der Waals surface area contributed by atoms with Gasteiger partial charge in [0.2, 0.25) is 0 Å². The van der Waals surface area contributed by atoms with Crippen LogP contribution >= 0.6 is 0 Å². The minimum Gasteiger partial charge on any atom is -0.378 e. The molecule has 0 radical (unpaired) electrons. The Morgan fingerprint density at radius 1 is 1.03 bits per heavy atom. The summed E-state index contributed by atoms with van der Waals surface area (Å²) in [7, 11) is 0. The van der Waals surface area contributed by atoms with Gasteiger partial charge >= 0.3 is 0 Å². The topological polar surface area (TPSA) is 33.0 Å². The molecule has 2 fully saturated rings. The van der Waals surface area contributed by atoms with Crippen molar-refractivity contribution >= 4 is 0 Å². The number of nitrogens with zero attached hydrogens (tertiary/aromatic N) is 1. The van der Waals surface area contributed by atoms with Gasteiger partial charge in [0.1, 0.15) is 6.07 Å². The van der Waals surface area contributed by atoms with E-state index < -0.39 is 5.83 Å². The van der Waals surface area contributed by atoms with E-state index in [0.717, 1.165) is 37.7 Å².